The van der Waals surface area contributed by atoms with Crippen LogP contribution in [0.5, 0.6) is 5.75 Å². The molecule has 1 saturated carbocycles. The summed E-state index contributed by atoms with van der Waals surface area (Å²) in [6.45, 7) is 0.371. The lowest BCUT2D eigenvalue weighted by atomic mass is 9.83. The first-order valence-corrected chi connectivity index (χ1v) is 8.19. The molecule has 0 radical (unpaired) electrons. The Balaban J connectivity index is 0.00000169. The van der Waals surface area contributed by atoms with Gasteiger partial charge in [0.2, 0.25) is 5.91 Å². The number of carbonyl (C=O) groups is 1. The molecule has 3 rings (SSSR count). The lowest BCUT2D eigenvalue weighted by Crippen LogP contribution is -2.45. The van der Waals surface area contributed by atoms with E-state index in [4.69, 9.17) is 15.2 Å². The molecule has 2 aromatic rings. The van der Waals surface area contributed by atoms with Crippen molar-refractivity contribution in [3.8, 4) is 5.75 Å². The molecule has 146 valence electrons. The van der Waals surface area contributed by atoms with Gasteiger partial charge in [-0.2, -0.15) is 0 Å². The summed E-state index contributed by atoms with van der Waals surface area (Å²) in [6, 6.07) is 5.66. The largest absolute Gasteiger partial charge is 0.497 e. The first-order valence-electron chi connectivity index (χ1n) is 8.19. The monoisotopic (exact) mass is 404 g/mol. The van der Waals surface area contributed by atoms with Crippen LogP contribution in [0.3, 0.4) is 0 Å². The topological polar surface area (TPSA) is 102 Å². The average molecular weight is 405 g/mol. The van der Waals surface area contributed by atoms with Crippen molar-refractivity contribution in [3.05, 3.63) is 24.0 Å². The second kappa shape index (κ2) is 9.97. The van der Waals surface area contributed by atoms with E-state index in [0.717, 1.165) is 35.4 Å². The third-order valence-electron chi connectivity index (χ3n) is 4.68. The molecule has 0 aliphatic heterocycles. The number of halogens is 2. The number of benzene rings is 1. The van der Waals surface area contributed by atoms with E-state index in [1.807, 2.05) is 18.2 Å². The molecule has 1 amide bonds. The Morgan fingerprint density at radius 1 is 1.35 bits per heavy atom. The molecule has 1 aromatic carbocycles. The maximum atomic E-state index is 12.4. The van der Waals surface area contributed by atoms with Crippen LogP contribution in [0.2, 0.25) is 0 Å². The molecule has 7 nitrogen and oxygen atoms in total. The van der Waals surface area contributed by atoms with Gasteiger partial charge in [0.25, 0.3) is 0 Å². The summed E-state index contributed by atoms with van der Waals surface area (Å²) in [4.78, 5) is 20.1. The average Bonchev–Trinajstić information content (AvgIpc) is 3.01. The van der Waals surface area contributed by atoms with E-state index in [1.54, 1.807) is 14.2 Å². The van der Waals surface area contributed by atoms with Gasteiger partial charge in [-0.3, -0.25) is 4.79 Å². The molecule has 3 atom stereocenters. The van der Waals surface area contributed by atoms with Crippen LogP contribution in [0, 0.1) is 5.92 Å². The molecule has 1 aliphatic rings. The zero-order chi connectivity index (χ0) is 17.1. The highest BCUT2D eigenvalue weighted by atomic mass is 35.5. The van der Waals surface area contributed by atoms with Crippen molar-refractivity contribution in [1.29, 1.82) is 0 Å². The van der Waals surface area contributed by atoms with Crippen molar-refractivity contribution in [3.63, 3.8) is 0 Å². The van der Waals surface area contributed by atoms with Crippen LogP contribution in [0.1, 0.15) is 25.1 Å². The zero-order valence-corrected chi connectivity index (χ0v) is 16.5. The van der Waals surface area contributed by atoms with Gasteiger partial charge in [0.15, 0.2) is 0 Å². The number of hydrogen-bond donors (Lipinski definition) is 3. The summed E-state index contributed by atoms with van der Waals surface area (Å²) in [5, 5.41) is 2.96. The fraction of sp³-hybridized carbons (Fsp3) is 0.529. The Bertz CT molecular complexity index is 725. The van der Waals surface area contributed by atoms with Gasteiger partial charge in [0, 0.05) is 25.1 Å². The minimum absolute atomic E-state index is 0. The van der Waals surface area contributed by atoms with Crippen molar-refractivity contribution in [2.24, 2.45) is 11.7 Å². The number of nitrogens with two attached hydrogens (primary N) is 1. The molecule has 1 aromatic heterocycles. The van der Waals surface area contributed by atoms with Crippen LogP contribution in [0.4, 0.5) is 0 Å². The Morgan fingerprint density at radius 3 is 2.81 bits per heavy atom. The molecular formula is C17H26Cl2N4O3. The molecule has 1 heterocycles. The smallest absolute Gasteiger partial charge is 0.223 e. The fourth-order valence-corrected chi connectivity index (χ4v) is 3.23. The number of carbonyl (C=O) groups excluding carboxylic acids is 1. The number of nitrogens with one attached hydrogen (secondary N) is 2. The predicted octanol–water partition coefficient (Wildman–Crippen LogP) is 2.17. The molecule has 9 heteroatoms. The van der Waals surface area contributed by atoms with Crippen molar-refractivity contribution in [2.45, 2.75) is 38.0 Å². The molecular weight excluding hydrogens is 379 g/mol. The maximum Gasteiger partial charge on any atom is 0.223 e. The molecule has 26 heavy (non-hydrogen) atoms. The third kappa shape index (κ3) is 5.01. The van der Waals surface area contributed by atoms with E-state index < -0.39 is 0 Å². The predicted molar refractivity (Wildman–Crippen MR) is 105 cm³/mol. The molecule has 0 spiro atoms. The second-order valence-corrected chi connectivity index (χ2v) is 6.23. The lowest BCUT2D eigenvalue weighted by molar-refractivity contribution is -0.128. The summed E-state index contributed by atoms with van der Waals surface area (Å²) in [5.41, 5.74) is 7.74. The quantitative estimate of drug-likeness (QED) is 0.708. The first kappa shape index (κ1) is 22.5. The minimum atomic E-state index is -0.0563. The van der Waals surface area contributed by atoms with Gasteiger partial charge in [0.1, 0.15) is 11.6 Å². The van der Waals surface area contributed by atoms with Gasteiger partial charge in [-0.1, -0.05) is 0 Å². The van der Waals surface area contributed by atoms with E-state index in [-0.39, 0.29) is 48.8 Å². The normalized spacial score (nSPS) is 22.2. The van der Waals surface area contributed by atoms with Crippen LogP contribution in [-0.2, 0) is 16.1 Å². The van der Waals surface area contributed by atoms with Crippen LogP contribution < -0.4 is 15.8 Å². The Kier molecular flexibility index (Phi) is 8.62. The molecule has 0 saturated heterocycles. The van der Waals surface area contributed by atoms with Crippen LogP contribution in [0.15, 0.2) is 18.2 Å². The van der Waals surface area contributed by atoms with Crippen LogP contribution in [-0.4, -0.2) is 42.2 Å². The van der Waals surface area contributed by atoms with Crippen molar-refractivity contribution >= 4 is 41.8 Å². The van der Waals surface area contributed by atoms with Gasteiger partial charge in [-0.25, -0.2) is 4.98 Å². The van der Waals surface area contributed by atoms with Gasteiger partial charge in [-0.15, -0.1) is 24.8 Å². The zero-order valence-electron chi connectivity index (χ0n) is 14.9. The number of rotatable bonds is 5. The van der Waals surface area contributed by atoms with Crippen molar-refractivity contribution in [2.75, 3.05) is 14.2 Å². The van der Waals surface area contributed by atoms with E-state index in [9.17, 15) is 4.79 Å². The van der Waals surface area contributed by atoms with Gasteiger partial charge in [0.05, 0.1) is 30.8 Å². The summed E-state index contributed by atoms with van der Waals surface area (Å²) in [5.74, 6) is 1.47. The number of aromatic amines is 1. The third-order valence-corrected chi connectivity index (χ3v) is 4.68. The number of nitrogens with zero attached hydrogens (tertiary/aromatic N) is 1. The first-order chi connectivity index (χ1) is 11.6. The van der Waals surface area contributed by atoms with E-state index in [0.29, 0.717) is 13.0 Å². The molecule has 0 bridgehead atoms. The summed E-state index contributed by atoms with van der Waals surface area (Å²) >= 11 is 0. The van der Waals surface area contributed by atoms with E-state index in [1.165, 1.54) is 0 Å². The molecule has 1 aliphatic carbocycles. The summed E-state index contributed by atoms with van der Waals surface area (Å²) in [6.07, 6.45) is 2.22. The Labute approximate surface area is 165 Å². The van der Waals surface area contributed by atoms with Crippen molar-refractivity contribution in [1.82, 2.24) is 15.3 Å². The SMILES string of the molecule is COc1ccc2nc(CNC(=O)[C@H]3CC[C@@H](N)[C@H](OC)C3)[nH]c2c1.Cl.Cl. The molecule has 1 fully saturated rings. The maximum absolute atomic E-state index is 12.4. The number of hydrogen-bond acceptors (Lipinski definition) is 5. The highest BCUT2D eigenvalue weighted by Gasteiger charge is 2.31. The van der Waals surface area contributed by atoms with E-state index in [2.05, 4.69) is 15.3 Å². The standard InChI is InChI=1S/C17H24N4O3.2ClH/c1-23-11-4-6-13-14(8-11)21-16(20-13)9-19-17(22)10-3-5-12(18)15(7-10)24-2;;/h4,6,8,10,12,15H,3,5,7,9,18H2,1-2H3,(H,19,22)(H,20,21);2*1H/t10-,12+,15+;;/m0../s1. The molecule has 0 unspecified atom stereocenters. The van der Waals surface area contributed by atoms with Crippen LogP contribution in [0.25, 0.3) is 11.0 Å². The van der Waals surface area contributed by atoms with Crippen LogP contribution >= 0.6 is 24.8 Å². The van der Waals surface area contributed by atoms with Crippen molar-refractivity contribution < 1.29 is 14.3 Å². The number of H-pyrrole nitrogens is 1. The number of imidazole rings is 1. The van der Waals surface area contributed by atoms with Gasteiger partial charge >= 0.3 is 0 Å². The Hall–Kier alpha value is -1.54. The number of amides is 1. The highest BCUT2D eigenvalue weighted by molar-refractivity contribution is 5.85. The van der Waals surface area contributed by atoms with Gasteiger partial charge in [-0.05, 0) is 31.4 Å². The number of ether oxygens (including phenoxy) is 2. The minimum Gasteiger partial charge on any atom is -0.497 e. The second-order valence-electron chi connectivity index (χ2n) is 6.23. The fourth-order valence-electron chi connectivity index (χ4n) is 3.23. The van der Waals surface area contributed by atoms with E-state index >= 15 is 0 Å². The summed E-state index contributed by atoms with van der Waals surface area (Å²) in [7, 11) is 3.27. The number of aromatic nitrogens is 2. The molecule has 4 N–H and O–H groups in total. The van der Waals surface area contributed by atoms with Gasteiger partial charge < -0.3 is 25.5 Å². The lowest BCUT2D eigenvalue weighted by Gasteiger charge is -2.32. The number of methoxy groups -OCH3 is 2. The Morgan fingerprint density at radius 2 is 2.12 bits per heavy atom. The highest BCUT2D eigenvalue weighted by Crippen LogP contribution is 2.25. The number of fused-ring (bicyclic) bond motifs is 1. The summed E-state index contributed by atoms with van der Waals surface area (Å²) < 4.78 is 10.6.